The van der Waals surface area contributed by atoms with E-state index in [0.29, 0.717) is 0 Å². The zero-order valence-corrected chi connectivity index (χ0v) is 4.02. The molecule has 0 fully saturated rings. The largest absolute Gasteiger partial charge is 0.377 e. The Hall–Kier alpha value is -0.370. The van der Waals surface area contributed by atoms with E-state index in [4.69, 9.17) is 0 Å². The molecular formula is C9H28O2. The monoisotopic (exact) mass is 168 g/mol. The second-order valence-electron chi connectivity index (χ2n) is 1.14. The van der Waals surface area contributed by atoms with Gasteiger partial charge in [0.25, 0.3) is 0 Å². The van der Waals surface area contributed by atoms with Gasteiger partial charge < -0.3 is 4.74 Å². The summed E-state index contributed by atoms with van der Waals surface area (Å²) in [6, 6.07) is 0. The van der Waals surface area contributed by atoms with Crippen LogP contribution in [0.2, 0.25) is 0 Å². The summed E-state index contributed by atoms with van der Waals surface area (Å²) in [5.74, 6) is 0.0671. The van der Waals surface area contributed by atoms with Gasteiger partial charge in [0.05, 0.1) is 0 Å². The Morgan fingerprint density at radius 2 is 1.36 bits per heavy atom. The van der Waals surface area contributed by atoms with Crippen molar-refractivity contribution in [2.24, 2.45) is 0 Å². The molecule has 0 radical (unpaired) electrons. The predicted octanol–water partition coefficient (Wildman–Crippen LogP) is 3.40. The maximum Gasteiger partial charge on any atom is 0.155 e. The summed E-state index contributed by atoms with van der Waals surface area (Å²) in [5, 5.41) is 0. The van der Waals surface area contributed by atoms with Crippen molar-refractivity contribution in [2.75, 3.05) is 13.7 Å². The highest BCUT2D eigenvalue weighted by atomic mass is 16.5. The van der Waals surface area contributed by atoms with Gasteiger partial charge in [0.2, 0.25) is 0 Å². The molecule has 0 aliphatic rings. The SMILES string of the molecule is C.C.C.C.C.COCC(C)=O. The van der Waals surface area contributed by atoms with E-state index in [-0.39, 0.29) is 49.5 Å². The van der Waals surface area contributed by atoms with Crippen molar-refractivity contribution in [1.29, 1.82) is 0 Å². The molecule has 0 bridgehead atoms. The van der Waals surface area contributed by atoms with Crippen LogP contribution in [0.4, 0.5) is 0 Å². The fraction of sp³-hybridized carbons (Fsp3) is 0.889. The van der Waals surface area contributed by atoms with Crippen LogP contribution in [0.5, 0.6) is 0 Å². The van der Waals surface area contributed by atoms with Gasteiger partial charge in [-0.15, -0.1) is 0 Å². The maximum atomic E-state index is 9.92. The van der Waals surface area contributed by atoms with E-state index in [1.807, 2.05) is 0 Å². The molecule has 0 heterocycles. The van der Waals surface area contributed by atoms with Gasteiger partial charge in [-0.1, -0.05) is 37.1 Å². The Bertz CT molecular complexity index is 51.5. The van der Waals surface area contributed by atoms with E-state index in [1.54, 1.807) is 0 Å². The second kappa shape index (κ2) is 33.5. The van der Waals surface area contributed by atoms with Crippen molar-refractivity contribution < 1.29 is 9.53 Å². The van der Waals surface area contributed by atoms with E-state index in [2.05, 4.69) is 4.74 Å². The maximum absolute atomic E-state index is 9.92. The van der Waals surface area contributed by atoms with E-state index in [9.17, 15) is 4.79 Å². The predicted molar refractivity (Wildman–Crippen MR) is 56.2 cm³/mol. The second-order valence-corrected chi connectivity index (χ2v) is 1.14. The molecule has 11 heavy (non-hydrogen) atoms. The van der Waals surface area contributed by atoms with E-state index in [1.165, 1.54) is 14.0 Å². The zero-order valence-electron chi connectivity index (χ0n) is 4.02. The molecular weight excluding hydrogens is 140 g/mol. The van der Waals surface area contributed by atoms with Gasteiger partial charge in [-0.25, -0.2) is 0 Å². The lowest BCUT2D eigenvalue weighted by molar-refractivity contribution is -0.120. The van der Waals surface area contributed by atoms with Crippen molar-refractivity contribution in [3.8, 4) is 0 Å². The Kier molecular flexibility index (Phi) is 140. The lowest BCUT2D eigenvalue weighted by Gasteiger charge is -1.84. The van der Waals surface area contributed by atoms with Crippen molar-refractivity contribution in [2.45, 2.75) is 44.1 Å². The summed E-state index contributed by atoms with van der Waals surface area (Å²) in [4.78, 5) is 9.92. The number of rotatable bonds is 2. The Morgan fingerprint density at radius 3 is 1.36 bits per heavy atom. The fourth-order valence-corrected chi connectivity index (χ4v) is 0.203. The van der Waals surface area contributed by atoms with Crippen molar-refractivity contribution in [3.05, 3.63) is 0 Å². The number of hydrogen-bond acceptors (Lipinski definition) is 2. The molecule has 0 saturated heterocycles. The summed E-state index contributed by atoms with van der Waals surface area (Å²) in [5.41, 5.74) is 0. The highest BCUT2D eigenvalue weighted by Crippen LogP contribution is 1.65. The van der Waals surface area contributed by atoms with Gasteiger partial charge in [0, 0.05) is 7.11 Å². The average Bonchev–Trinajstić information content (AvgIpc) is 1.35. The quantitative estimate of drug-likeness (QED) is 0.631. The number of hydrogen-bond donors (Lipinski definition) is 0. The van der Waals surface area contributed by atoms with Crippen LogP contribution in [0.25, 0.3) is 0 Å². The molecule has 2 heteroatoms. The van der Waals surface area contributed by atoms with Crippen LogP contribution in [0.3, 0.4) is 0 Å². The third kappa shape index (κ3) is 81.1. The topological polar surface area (TPSA) is 26.3 Å². The first-order valence-corrected chi connectivity index (χ1v) is 1.75. The Balaban J connectivity index is -0.0000000125. The Morgan fingerprint density at radius 1 is 1.09 bits per heavy atom. The lowest BCUT2D eigenvalue weighted by Crippen LogP contribution is -1.98. The molecule has 2 nitrogen and oxygen atoms in total. The summed E-state index contributed by atoms with van der Waals surface area (Å²) < 4.78 is 4.45. The highest BCUT2D eigenvalue weighted by molar-refractivity contribution is 5.76. The zero-order chi connectivity index (χ0) is 4.99. The minimum atomic E-state index is 0. The first kappa shape index (κ1) is 46.0. The molecule has 0 aliphatic heterocycles. The summed E-state index contributed by atoms with van der Waals surface area (Å²) in [6.07, 6.45) is 0. The molecule has 0 amide bonds. The molecule has 0 saturated carbocycles. The van der Waals surface area contributed by atoms with Gasteiger partial charge >= 0.3 is 0 Å². The molecule has 0 aliphatic carbocycles. The standard InChI is InChI=1S/C4H8O2.5CH4/c1-4(5)3-6-2;;;;;/h3H2,1-2H3;5*1H4. The van der Waals surface area contributed by atoms with Crippen LogP contribution >= 0.6 is 0 Å². The minimum absolute atomic E-state index is 0. The van der Waals surface area contributed by atoms with E-state index >= 15 is 0 Å². The molecule has 0 aromatic heterocycles. The van der Waals surface area contributed by atoms with Crippen LogP contribution in [0, 0.1) is 0 Å². The van der Waals surface area contributed by atoms with E-state index in [0.717, 1.165) is 0 Å². The molecule has 0 spiro atoms. The number of methoxy groups -OCH3 is 1. The van der Waals surface area contributed by atoms with Gasteiger partial charge in [0.15, 0.2) is 5.78 Å². The van der Waals surface area contributed by atoms with Crippen LogP contribution in [0.15, 0.2) is 0 Å². The number of ketones is 1. The smallest absolute Gasteiger partial charge is 0.155 e. The highest BCUT2D eigenvalue weighted by Gasteiger charge is 1.83. The summed E-state index contributed by atoms with van der Waals surface area (Å²) >= 11 is 0. The molecule has 76 valence electrons. The van der Waals surface area contributed by atoms with Crippen molar-refractivity contribution >= 4 is 5.78 Å². The number of ether oxygens (including phenoxy) is 1. The Labute approximate surface area is 74.0 Å². The summed E-state index contributed by atoms with van der Waals surface area (Å²) in [6.45, 7) is 1.73. The summed E-state index contributed by atoms with van der Waals surface area (Å²) in [7, 11) is 1.50. The number of carbonyl (C=O) groups excluding carboxylic acids is 1. The van der Waals surface area contributed by atoms with Gasteiger partial charge in [-0.2, -0.15) is 0 Å². The normalized spacial score (nSPS) is 4.55. The third-order valence-electron chi connectivity index (χ3n) is 0.348. The molecule has 0 atom stereocenters. The minimum Gasteiger partial charge on any atom is -0.377 e. The lowest BCUT2D eigenvalue weighted by atomic mass is 10.5. The molecule has 0 rings (SSSR count). The molecule has 0 aromatic carbocycles. The third-order valence-corrected chi connectivity index (χ3v) is 0.348. The first-order valence-electron chi connectivity index (χ1n) is 1.75. The molecule has 0 unspecified atom stereocenters. The van der Waals surface area contributed by atoms with Crippen molar-refractivity contribution in [3.63, 3.8) is 0 Å². The van der Waals surface area contributed by atoms with Crippen LogP contribution < -0.4 is 0 Å². The van der Waals surface area contributed by atoms with Crippen LogP contribution in [0.1, 0.15) is 44.1 Å². The van der Waals surface area contributed by atoms with Gasteiger partial charge in [0.1, 0.15) is 6.61 Å². The van der Waals surface area contributed by atoms with Crippen LogP contribution in [-0.4, -0.2) is 19.5 Å². The molecule has 0 aromatic rings. The number of Topliss-reactive ketones (excluding diaryl/α,β-unsaturated/α-hetero) is 1. The molecule has 0 N–H and O–H groups in total. The van der Waals surface area contributed by atoms with Crippen molar-refractivity contribution in [1.82, 2.24) is 0 Å². The average molecular weight is 168 g/mol. The van der Waals surface area contributed by atoms with Gasteiger partial charge in [-0.05, 0) is 6.92 Å². The van der Waals surface area contributed by atoms with Gasteiger partial charge in [-0.3, -0.25) is 4.79 Å². The first-order chi connectivity index (χ1) is 2.77. The number of carbonyl (C=O) groups is 1. The van der Waals surface area contributed by atoms with E-state index < -0.39 is 0 Å². The van der Waals surface area contributed by atoms with Crippen LogP contribution in [-0.2, 0) is 9.53 Å². The fourth-order valence-electron chi connectivity index (χ4n) is 0.203.